The van der Waals surface area contributed by atoms with Crippen molar-refractivity contribution in [1.82, 2.24) is 4.57 Å². The fourth-order valence-electron chi connectivity index (χ4n) is 3.06. The van der Waals surface area contributed by atoms with E-state index >= 15 is 0 Å². The van der Waals surface area contributed by atoms with Gasteiger partial charge in [0.1, 0.15) is 0 Å². The minimum Gasteiger partial charge on any atom is -0.312 e. The van der Waals surface area contributed by atoms with Gasteiger partial charge in [-0.1, -0.05) is 23.5 Å². The first-order chi connectivity index (χ1) is 13.7. The second-order valence-electron chi connectivity index (χ2n) is 6.38. The van der Waals surface area contributed by atoms with Crippen molar-refractivity contribution in [2.75, 3.05) is 0 Å². The number of hydrogen-bond acceptors (Lipinski definition) is 6. The Bertz CT molecular complexity index is 1220. The molecular weight excluding hydrogens is 396 g/mol. The quantitative estimate of drug-likeness (QED) is 0.355. The molecule has 1 aromatic heterocycles. The average Bonchev–Trinajstić information content (AvgIpc) is 2.98. The Labute approximate surface area is 168 Å². The summed E-state index contributed by atoms with van der Waals surface area (Å²) in [7, 11) is 0. The molecule has 0 saturated carbocycles. The summed E-state index contributed by atoms with van der Waals surface area (Å²) in [4.78, 5) is 37.7. The predicted molar refractivity (Wildman–Crippen MR) is 109 cm³/mol. The van der Waals surface area contributed by atoms with Gasteiger partial charge in [0, 0.05) is 18.7 Å². The number of fused-ring (bicyclic) bond motifs is 1. The fraction of sp³-hybridized carbons (Fsp3) is 0.158. The van der Waals surface area contributed by atoms with Gasteiger partial charge in [-0.05, 0) is 31.0 Å². The number of nitro groups is 2. The number of thiazole rings is 1. The highest BCUT2D eigenvalue weighted by molar-refractivity contribution is 7.16. The van der Waals surface area contributed by atoms with Crippen molar-refractivity contribution >= 4 is 38.8 Å². The van der Waals surface area contributed by atoms with E-state index in [0.717, 1.165) is 39.5 Å². The van der Waals surface area contributed by atoms with E-state index < -0.39 is 27.1 Å². The van der Waals surface area contributed by atoms with E-state index in [1.165, 1.54) is 11.3 Å². The number of carbonyl (C=O) groups is 1. The zero-order valence-electron chi connectivity index (χ0n) is 15.6. The van der Waals surface area contributed by atoms with Crippen LogP contribution in [0.2, 0.25) is 0 Å². The van der Waals surface area contributed by atoms with Crippen molar-refractivity contribution in [3.63, 3.8) is 0 Å². The van der Waals surface area contributed by atoms with Crippen molar-refractivity contribution in [2.24, 2.45) is 4.99 Å². The summed E-state index contributed by atoms with van der Waals surface area (Å²) in [5, 5.41) is 22.1. The Hall–Kier alpha value is -3.66. The van der Waals surface area contributed by atoms with E-state index in [1.807, 2.05) is 30.5 Å². The van der Waals surface area contributed by atoms with Crippen molar-refractivity contribution in [2.45, 2.75) is 20.4 Å². The number of carbonyl (C=O) groups excluding carboxylic acids is 1. The topological polar surface area (TPSA) is 121 Å². The molecule has 0 saturated heterocycles. The Morgan fingerprint density at radius 3 is 2.31 bits per heavy atom. The van der Waals surface area contributed by atoms with Gasteiger partial charge in [0.15, 0.2) is 4.80 Å². The van der Waals surface area contributed by atoms with Crippen molar-refractivity contribution in [3.05, 3.63) is 84.7 Å². The number of aryl methyl sites for hydroxylation is 2. The molecule has 10 heteroatoms. The van der Waals surface area contributed by atoms with Crippen LogP contribution >= 0.6 is 11.3 Å². The molecule has 3 aromatic rings. The standard InChI is InChI=1S/C19H16N4O5S/c1-4-5-21-17-12(3)6-11(2)7-16(17)29-19(21)20-18(24)13-8-14(22(25)26)10-15(9-13)23(27)28/h4,6-10H,1,5H2,2-3H3. The molecule has 9 nitrogen and oxygen atoms in total. The summed E-state index contributed by atoms with van der Waals surface area (Å²) in [6, 6.07) is 6.78. The smallest absolute Gasteiger partial charge is 0.280 e. The van der Waals surface area contributed by atoms with E-state index in [9.17, 15) is 25.0 Å². The van der Waals surface area contributed by atoms with Crippen LogP contribution in [0.15, 0.2) is 48.0 Å². The molecule has 0 N–H and O–H groups in total. The number of hydrogen-bond donors (Lipinski definition) is 0. The minimum absolute atomic E-state index is 0.221. The number of rotatable bonds is 5. The first-order valence-corrected chi connectivity index (χ1v) is 9.27. The normalized spacial score (nSPS) is 11.6. The van der Waals surface area contributed by atoms with Crippen LogP contribution in [-0.2, 0) is 6.54 Å². The number of amides is 1. The molecule has 0 aliphatic carbocycles. The first kappa shape index (κ1) is 20.1. The Morgan fingerprint density at radius 2 is 1.76 bits per heavy atom. The third-order valence-corrected chi connectivity index (χ3v) is 5.22. The molecule has 0 fully saturated rings. The van der Waals surface area contributed by atoms with Crippen LogP contribution in [0.3, 0.4) is 0 Å². The summed E-state index contributed by atoms with van der Waals surface area (Å²) in [5.74, 6) is -0.796. The van der Waals surface area contributed by atoms with Crippen molar-refractivity contribution < 1.29 is 14.6 Å². The molecule has 0 aliphatic rings. The van der Waals surface area contributed by atoms with Gasteiger partial charge in [-0.2, -0.15) is 4.99 Å². The van der Waals surface area contributed by atoms with Gasteiger partial charge in [-0.25, -0.2) is 0 Å². The zero-order chi connectivity index (χ0) is 21.3. The highest BCUT2D eigenvalue weighted by Gasteiger charge is 2.20. The summed E-state index contributed by atoms with van der Waals surface area (Å²) < 4.78 is 2.76. The van der Waals surface area contributed by atoms with Crippen LogP contribution < -0.4 is 4.80 Å². The van der Waals surface area contributed by atoms with Crippen LogP contribution in [-0.4, -0.2) is 20.3 Å². The van der Waals surface area contributed by atoms with Crippen LogP contribution in [0.4, 0.5) is 11.4 Å². The lowest BCUT2D eigenvalue weighted by atomic mass is 10.1. The van der Waals surface area contributed by atoms with Crippen LogP contribution in [0.5, 0.6) is 0 Å². The SMILES string of the molecule is C=CCn1c(=NC(=O)c2cc([N+](=O)[O-])cc([N+](=O)[O-])c2)sc2cc(C)cc(C)c21. The van der Waals surface area contributed by atoms with Gasteiger partial charge in [0.25, 0.3) is 17.3 Å². The predicted octanol–water partition coefficient (Wildman–Crippen LogP) is 4.06. The molecule has 0 aliphatic heterocycles. The highest BCUT2D eigenvalue weighted by atomic mass is 32.1. The first-order valence-electron chi connectivity index (χ1n) is 8.45. The lowest BCUT2D eigenvalue weighted by Gasteiger charge is -2.05. The van der Waals surface area contributed by atoms with E-state index in [2.05, 4.69) is 11.6 Å². The van der Waals surface area contributed by atoms with Crippen LogP contribution in [0, 0.1) is 34.1 Å². The lowest BCUT2D eigenvalue weighted by Crippen LogP contribution is -2.16. The maximum Gasteiger partial charge on any atom is 0.280 e. The van der Waals surface area contributed by atoms with E-state index in [-0.39, 0.29) is 5.56 Å². The third-order valence-electron chi connectivity index (χ3n) is 4.19. The van der Waals surface area contributed by atoms with Crippen molar-refractivity contribution in [3.8, 4) is 0 Å². The fourth-order valence-corrected chi connectivity index (χ4v) is 4.27. The number of aromatic nitrogens is 1. The van der Waals surface area contributed by atoms with Crippen LogP contribution in [0.25, 0.3) is 10.2 Å². The molecule has 0 spiro atoms. The molecule has 148 valence electrons. The second kappa shape index (κ2) is 7.76. The summed E-state index contributed by atoms with van der Waals surface area (Å²) in [6.45, 7) is 8.07. The average molecular weight is 412 g/mol. The lowest BCUT2D eigenvalue weighted by molar-refractivity contribution is -0.394. The van der Waals surface area contributed by atoms with E-state index in [0.29, 0.717) is 11.3 Å². The summed E-state index contributed by atoms with van der Waals surface area (Å²) in [5.41, 5.74) is 1.68. The monoisotopic (exact) mass is 412 g/mol. The summed E-state index contributed by atoms with van der Waals surface area (Å²) in [6.07, 6.45) is 1.67. The number of non-ortho nitro benzene ring substituents is 2. The van der Waals surface area contributed by atoms with Crippen LogP contribution in [0.1, 0.15) is 21.5 Å². The molecule has 0 unspecified atom stereocenters. The second-order valence-corrected chi connectivity index (χ2v) is 7.39. The molecule has 0 atom stereocenters. The molecular formula is C19H16N4O5S. The Kier molecular flexibility index (Phi) is 5.37. The van der Waals surface area contributed by atoms with Gasteiger partial charge >= 0.3 is 0 Å². The number of nitrogens with zero attached hydrogens (tertiary/aromatic N) is 4. The molecule has 0 radical (unpaired) electrons. The van der Waals surface area contributed by atoms with Gasteiger partial charge in [-0.15, -0.1) is 6.58 Å². The number of benzene rings is 2. The third kappa shape index (κ3) is 3.97. The molecule has 29 heavy (non-hydrogen) atoms. The molecule has 2 aromatic carbocycles. The molecule has 1 heterocycles. The molecule has 1 amide bonds. The maximum atomic E-state index is 12.7. The number of nitro benzene ring substituents is 2. The van der Waals surface area contributed by atoms with Gasteiger partial charge < -0.3 is 4.57 Å². The van der Waals surface area contributed by atoms with Crippen molar-refractivity contribution in [1.29, 1.82) is 0 Å². The van der Waals surface area contributed by atoms with Gasteiger partial charge in [0.2, 0.25) is 0 Å². The van der Waals surface area contributed by atoms with E-state index in [4.69, 9.17) is 0 Å². The largest absolute Gasteiger partial charge is 0.312 e. The Morgan fingerprint density at radius 1 is 1.14 bits per heavy atom. The van der Waals surface area contributed by atoms with Gasteiger partial charge in [0.05, 0.1) is 31.7 Å². The zero-order valence-corrected chi connectivity index (χ0v) is 16.4. The molecule has 3 rings (SSSR count). The summed E-state index contributed by atoms with van der Waals surface area (Å²) >= 11 is 1.30. The van der Waals surface area contributed by atoms with E-state index in [1.54, 1.807) is 6.08 Å². The minimum atomic E-state index is -0.796. The highest BCUT2D eigenvalue weighted by Crippen LogP contribution is 2.25. The van der Waals surface area contributed by atoms with Gasteiger partial charge in [-0.3, -0.25) is 25.0 Å². The Balaban J connectivity index is 2.21. The molecule has 0 bridgehead atoms. The maximum absolute atomic E-state index is 12.7. The number of allylic oxidation sites excluding steroid dienone is 1.